The van der Waals surface area contributed by atoms with Gasteiger partial charge in [-0.05, 0) is 65.4 Å². The van der Waals surface area contributed by atoms with Crippen LogP contribution in [0.4, 0.5) is 22.7 Å². The molecule has 0 spiro atoms. The summed E-state index contributed by atoms with van der Waals surface area (Å²) in [5, 5.41) is 11.7. The molecule has 0 radical (unpaired) electrons. The number of aryl methyl sites for hydroxylation is 2. The number of ether oxygens (including phenoxy) is 2. The van der Waals surface area contributed by atoms with E-state index in [0.717, 1.165) is 65.1 Å². The number of hydrogen-bond acceptors (Lipinski definition) is 9. The van der Waals surface area contributed by atoms with E-state index in [9.17, 15) is 10.1 Å². The Labute approximate surface area is 332 Å². The molecule has 2 atom stereocenters. The van der Waals surface area contributed by atoms with Crippen LogP contribution in [0, 0.1) is 24.0 Å². The van der Waals surface area contributed by atoms with Crippen LogP contribution in [-0.4, -0.2) is 53.3 Å². The summed E-state index contributed by atoms with van der Waals surface area (Å²) < 4.78 is 12.0. The summed E-state index contributed by atoms with van der Waals surface area (Å²) in [6.07, 6.45) is 5.47. The summed E-state index contributed by atoms with van der Waals surface area (Å²) in [7, 11) is 0. The zero-order valence-electron chi connectivity index (χ0n) is 30.9. The second-order valence-corrected chi connectivity index (χ2v) is 13.8. The smallest absolute Gasteiger partial charge is 0.293 e. The Kier molecular flexibility index (Phi) is 12.7. The van der Waals surface area contributed by atoms with E-state index in [0.29, 0.717) is 30.5 Å². The van der Waals surface area contributed by atoms with Crippen LogP contribution in [0.3, 0.4) is 0 Å². The molecule has 282 valence electrons. The number of pyridine rings is 2. The maximum absolute atomic E-state index is 11.7. The number of nitro groups is 1. The molecule has 2 N–H and O–H groups in total. The zero-order valence-corrected chi connectivity index (χ0v) is 32.0. The van der Waals surface area contributed by atoms with Crippen molar-refractivity contribution < 1.29 is 31.5 Å². The average molecular weight is 777 g/mol. The molecule has 2 fully saturated rings. The van der Waals surface area contributed by atoms with Crippen LogP contribution >= 0.6 is 0 Å². The molecule has 4 aromatic carbocycles. The standard InChI is InChI=1S/C22H21N3O3.C22H23N3O.Fe/c1-16-7-10-22(23-14-16)28-19-11-12-24(15-19)20-9-8-18(13-21(20)25(26)27)17-5-3-2-4-6-17;1-16-7-10-22(24-14-16)26-19-11-12-25(15-19)21-9-8-18(13-20(21)23)17-5-3-2-4-6-17;/h2-10,13-14,19H,11-12,15H2,1H3;2-10,13-14,19H,11-12,15,23H2,1H3;/t2*19-;/m11./s1. The topological polar surface area (TPSA) is 120 Å². The van der Waals surface area contributed by atoms with Gasteiger partial charge in [0.15, 0.2) is 0 Å². The van der Waals surface area contributed by atoms with Crippen LogP contribution in [0.5, 0.6) is 11.8 Å². The zero-order chi connectivity index (χ0) is 37.4. The van der Waals surface area contributed by atoms with Gasteiger partial charge in [0.2, 0.25) is 11.8 Å². The number of nitrogens with zero attached hydrogens (tertiary/aromatic N) is 5. The van der Waals surface area contributed by atoms with E-state index in [-0.39, 0.29) is 39.9 Å². The largest absolute Gasteiger partial charge is 0.472 e. The monoisotopic (exact) mass is 776 g/mol. The number of hydrogen-bond donors (Lipinski definition) is 1. The Balaban J connectivity index is 0.000000184. The molecule has 0 aliphatic carbocycles. The van der Waals surface area contributed by atoms with Crippen molar-refractivity contribution in [2.24, 2.45) is 0 Å². The van der Waals surface area contributed by atoms with Gasteiger partial charge < -0.3 is 25.0 Å². The first-order chi connectivity index (χ1) is 26.3. The predicted octanol–water partition coefficient (Wildman–Crippen LogP) is 8.92. The van der Waals surface area contributed by atoms with E-state index in [1.807, 2.05) is 110 Å². The summed E-state index contributed by atoms with van der Waals surface area (Å²) in [6, 6.07) is 39.5. The molecule has 8 rings (SSSR count). The van der Waals surface area contributed by atoms with Gasteiger partial charge >= 0.3 is 0 Å². The third kappa shape index (κ3) is 9.81. The second kappa shape index (κ2) is 18.0. The molecular weight excluding hydrogens is 732 g/mol. The molecule has 2 aliphatic heterocycles. The van der Waals surface area contributed by atoms with Gasteiger partial charge in [-0.25, -0.2) is 9.97 Å². The Morgan fingerprint density at radius 1 is 0.636 bits per heavy atom. The van der Waals surface area contributed by atoms with Crippen molar-refractivity contribution in [1.82, 2.24) is 9.97 Å². The number of anilines is 3. The molecule has 10 nitrogen and oxygen atoms in total. The van der Waals surface area contributed by atoms with Crippen LogP contribution < -0.4 is 25.0 Å². The molecular formula is C44H44FeN6O4. The fraction of sp³-hybridized carbons (Fsp3) is 0.227. The number of nitro benzene ring substituents is 1. The number of rotatable bonds is 9. The molecule has 11 heteroatoms. The van der Waals surface area contributed by atoms with Gasteiger partial charge in [-0.2, -0.15) is 0 Å². The van der Waals surface area contributed by atoms with Gasteiger partial charge in [0.1, 0.15) is 17.9 Å². The fourth-order valence-electron chi connectivity index (χ4n) is 6.88. The number of benzene rings is 4. The van der Waals surface area contributed by atoms with E-state index in [2.05, 4.69) is 45.2 Å². The first-order valence-electron chi connectivity index (χ1n) is 18.3. The normalized spacial score (nSPS) is 16.1. The Bertz CT molecular complexity index is 2170. The van der Waals surface area contributed by atoms with E-state index in [1.54, 1.807) is 12.3 Å². The maximum Gasteiger partial charge on any atom is 0.293 e. The third-order valence-electron chi connectivity index (χ3n) is 9.73. The summed E-state index contributed by atoms with van der Waals surface area (Å²) in [4.78, 5) is 24.3. The minimum atomic E-state index is -0.308. The van der Waals surface area contributed by atoms with Crippen molar-refractivity contribution >= 4 is 22.7 Å². The van der Waals surface area contributed by atoms with Crippen LogP contribution in [-0.2, 0) is 17.1 Å². The Morgan fingerprint density at radius 3 is 1.56 bits per heavy atom. The molecule has 0 amide bonds. The molecule has 55 heavy (non-hydrogen) atoms. The van der Waals surface area contributed by atoms with E-state index < -0.39 is 0 Å². The number of aromatic nitrogens is 2. The molecule has 2 aromatic heterocycles. The SMILES string of the molecule is Cc1ccc(O[C@@H]2CCN(c3ccc(-c4ccccc4)cc3N)C2)nc1.Cc1ccc(O[C@@H]2CCN(c3ccc(-c4ccccc4)cc3[N+](=O)[O-])C2)nc1.[Fe]. The van der Waals surface area contributed by atoms with Gasteiger partial charge in [-0.3, -0.25) is 10.1 Å². The summed E-state index contributed by atoms with van der Waals surface area (Å²) in [6.45, 7) is 7.07. The molecule has 0 bridgehead atoms. The Hall–Kier alpha value is -5.90. The molecule has 0 saturated carbocycles. The van der Waals surface area contributed by atoms with Crippen molar-refractivity contribution in [3.05, 3.63) is 155 Å². The van der Waals surface area contributed by atoms with Crippen LogP contribution in [0.2, 0.25) is 0 Å². The fourth-order valence-corrected chi connectivity index (χ4v) is 6.88. The van der Waals surface area contributed by atoms with Gasteiger partial charge in [0, 0.05) is 73.6 Å². The summed E-state index contributed by atoms with van der Waals surface area (Å²) >= 11 is 0. The quantitative estimate of drug-likeness (QED) is 0.0665. The first kappa shape index (κ1) is 38.8. The van der Waals surface area contributed by atoms with Crippen LogP contribution in [0.25, 0.3) is 22.3 Å². The number of nitrogens with two attached hydrogens (primary N) is 1. The minimum Gasteiger partial charge on any atom is -0.472 e. The molecule has 4 heterocycles. The maximum atomic E-state index is 11.7. The molecule has 6 aromatic rings. The summed E-state index contributed by atoms with van der Waals surface area (Å²) in [5.41, 5.74) is 15.3. The van der Waals surface area contributed by atoms with Crippen molar-refractivity contribution in [3.63, 3.8) is 0 Å². The molecule has 2 aliphatic rings. The van der Waals surface area contributed by atoms with Gasteiger partial charge in [0.05, 0.1) is 29.4 Å². The van der Waals surface area contributed by atoms with Crippen LogP contribution in [0.1, 0.15) is 24.0 Å². The van der Waals surface area contributed by atoms with Gasteiger partial charge in [0.25, 0.3) is 5.69 Å². The second-order valence-electron chi connectivity index (χ2n) is 13.8. The Morgan fingerprint density at radius 2 is 1.11 bits per heavy atom. The first-order valence-corrected chi connectivity index (χ1v) is 18.3. The van der Waals surface area contributed by atoms with Gasteiger partial charge in [-0.15, -0.1) is 0 Å². The van der Waals surface area contributed by atoms with E-state index in [4.69, 9.17) is 15.2 Å². The number of nitrogen functional groups attached to an aromatic ring is 1. The molecule has 0 unspecified atom stereocenters. The van der Waals surface area contributed by atoms with Crippen LogP contribution in [0.15, 0.2) is 134 Å². The van der Waals surface area contributed by atoms with E-state index in [1.165, 1.54) is 5.56 Å². The molecule has 2 saturated heterocycles. The van der Waals surface area contributed by atoms with Gasteiger partial charge in [-0.1, -0.05) is 84.9 Å². The average Bonchev–Trinajstić information content (AvgIpc) is 3.87. The predicted molar refractivity (Wildman–Crippen MR) is 215 cm³/mol. The summed E-state index contributed by atoms with van der Waals surface area (Å²) in [5.74, 6) is 1.28. The minimum absolute atomic E-state index is 0. The van der Waals surface area contributed by atoms with Crippen molar-refractivity contribution in [2.75, 3.05) is 41.7 Å². The van der Waals surface area contributed by atoms with E-state index >= 15 is 0 Å². The third-order valence-corrected chi connectivity index (χ3v) is 9.73. The van der Waals surface area contributed by atoms with Crippen molar-refractivity contribution in [2.45, 2.75) is 38.9 Å². The van der Waals surface area contributed by atoms with Crippen molar-refractivity contribution in [1.29, 1.82) is 0 Å². The van der Waals surface area contributed by atoms with Crippen molar-refractivity contribution in [3.8, 4) is 34.0 Å².